The Morgan fingerprint density at radius 3 is 2.67 bits per heavy atom. The molecule has 1 aromatic carbocycles. The van der Waals surface area contributed by atoms with Crippen LogP contribution in [0, 0.1) is 5.41 Å². The Bertz CT molecular complexity index is 501. The molecule has 3 aliphatic carbocycles. The molecule has 0 N–H and O–H groups in total. The van der Waals surface area contributed by atoms with Crippen LogP contribution < -0.4 is 0 Å². The molecule has 0 nitrogen and oxygen atoms in total. The molecule has 0 saturated heterocycles. The van der Waals surface area contributed by atoms with Crippen molar-refractivity contribution in [2.75, 3.05) is 0 Å². The van der Waals surface area contributed by atoms with Gasteiger partial charge < -0.3 is 0 Å². The van der Waals surface area contributed by atoms with Crippen LogP contribution in [0.25, 0.3) is 0 Å². The van der Waals surface area contributed by atoms with Crippen molar-refractivity contribution >= 4 is 11.6 Å². The van der Waals surface area contributed by atoms with Crippen molar-refractivity contribution in [1.29, 1.82) is 0 Å². The molecule has 3 aliphatic rings. The topological polar surface area (TPSA) is 0 Å². The van der Waals surface area contributed by atoms with Crippen molar-refractivity contribution in [3.05, 3.63) is 33.8 Å². The largest absolute Gasteiger partial charge is 0.0837 e. The van der Waals surface area contributed by atoms with E-state index in [1.807, 2.05) is 0 Å². The average Bonchev–Trinajstić information content (AvgIpc) is 3.10. The molecule has 1 aromatic rings. The Balaban J connectivity index is 1.82. The first-order valence-corrected chi connectivity index (χ1v) is 7.88. The molecule has 0 unspecified atom stereocenters. The van der Waals surface area contributed by atoms with Crippen molar-refractivity contribution in [3.8, 4) is 0 Å². The van der Waals surface area contributed by atoms with Gasteiger partial charge in [-0.2, -0.15) is 0 Å². The van der Waals surface area contributed by atoms with Crippen LogP contribution in [-0.2, 0) is 6.42 Å². The number of hydrogen-bond acceptors (Lipinski definition) is 0. The van der Waals surface area contributed by atoms with Gasteiger partial charge in [-0.15, -0.1) is 0 Å². The molecule has 18 heavy (non-hydrogen) atoms. The minimum atomic E-state index is 0.567. The third-order valence-corrected chi connectivity index (χ3v) is 6.18. The van der Waals surface area contributed by atoms with Crippen LogP contribution in [-0.4, -0.2) is 0 Å². The SMILES string of the molecule is C[C@]12CCC[C@H]1c1ccc(C3CC3)c(Cl)c1CC2. The monoisotopic (exact) mass is 260 g/mol. The highest BCUT2D eigenvalue weighted by atomic mass is 35.5. The summed E-state index contributed by atoms with van der Waals surface area (Å²) >= 11 is 6.70. The zero-order valence-corrected chi connectivity index (χ0v) is 11.9. The van der Waals surface area contributed by atoms with Crippen molar-refractivity contribution in [3.63, 3.8) is 0 Å². The zero-order valence-electron chi connectivity index (χ0n) is 11.1. The molecular formula is C17H21Cl. The predicted molar refractivity (Wildman–Crippen MR) is 76.4 cm³/mol. The van der Waals surface area contributed by atoms with E-state index in [1.165, 1.54) is 56.1 Å². The summed E-state index contributed by atoms with van der Waals surface area (Å²) in [6.45, 7) is 2.50. The highest BCUT2D eigenvalue weighted by Crippen LogP contribution is 2.57. The summed E-state index contributed by atoms with van der Waals surface area (Å²) in [4.78, 5) is 0. The second-order valence-electron chi connectivity index (χ2n) is 6.91. The Morgan fingerprint density at radius 2 is 1.89 bits per heavy atom. The van der Waals surface area contributed by atoms with E-state index in [2.05, 4.69) is 19.1 Å². The maximum Gasteiger partial charge on any atom is 0.0475 e. The van der Waals surface area contributed by atoms with Gasteiger partial charge in [-0.3, -0.25) is 0 Å². The number of hydrogen-bond donors (Lipinski definition) is 0. The molecule has 4 rings (SSSR count). The van der Waals surface area contributed by atoms with Crippen molar-refractivity contribution < 1.29 is 0 Å². The lowest BCUT2D eigenvalue weighted by atomic mass is 9.67. The van der Waals surface area contributed by atoms with Crippen molar-refractivity contribution in [2.24, 2.45) is 5.41 Å². The molecule has 0 aromatic heterocycles. The minimum absolute atomic E-state index is 0.567. The van der Waals surface area contributed by atoms with E-state index in [0.717, 1.165) is 16.9 Å². The van der Waals surface area contributed by atoms with Crippen LogP contribution in [0.4, 0.5) is 0 Å². The molecule has 2 atom stereocenters. The average molecular weight is 261 g/mol. The van der Waals surface area contributed by atoms with Crippen LogP contribution in [0.1, 0.15) is 74.0 Å². The fraction of sp³-hybridized carbons (Fsp3) is 0.647. The maximum atomic E-state index is 6.70. The third-order valence-electron chi connectivity index (χ3n) is 5.73. The quantitative estimate of drug-likeness (QED) is 0.631. The predicted octanol–water partition coefficient (Wildman–Crippen LogP) is 5.44. The molecule has 0 aliphatic heterocycles. The number of fused-ring (bicyclic) bond motifs is 3. The van der Waals surface area contributed by atoms with E-state index in [0.29, 0.717) is 5.41 Å². The first-order valence-electron chi connectivity index (χ1n) is 7.50. The first-order chi connectivity index (χ1) is 8.69. The second-order valence-corrected chi connectivity index (χ2v) is 7.29. The van der Waals surface area contributed by atoms with E-state index < -0.39 is 0 Å². The second kappa shape index (κ2) is 3.76. The van der Waals surface area contributed by atoms with Gasteiger partial charge in [0.15, 0.2) is 0 Å². The molecule has 2 fully saturated rings. The zero-order chi connectivity index (χ0) is 12.3. The van der Waals surface area contributed by atoms with Crippen LogP contribution in [0.2, 0.25) is 5.02 Å². The van der Waals surface area contributed by atoms with Crippen LogP contribution >= 0.6 is 11.6 Å². The molecule has 2 saturated carbocycles. The fourth-order valence-corrected chi connectivity index (χ4v) is 4.84. The lowest BCUT2D eigenvalue weighted by molar-refractivity contribution is 0.252. The summed E-state index contributed by atoms with van der Waals surface area (Å²) in [6, 6.07) is 4.76. The Kier molecular flexibility index (Phi) is 2.37. The highest BCUT2D eigenvalue weighted by molar-refractivity contribution is 6.32. The molecule has 0 bridgehead atoms. The summed E-state index contributed by atoms with van der Waals surface area (Å²) in [5, 5.41) is 1.13. The third kappa shape index (κ3) is 1.51. The molecule has 0 spiro atoms. The number of halogens is 1. The van der Waals surface area contributed by atoms with E-state index in [9.17, 15) is 0 Å². The molecule has 96 valence electrons. The Morgan fingerprint density at radius 1 is 1.11 bits per heavy atom. The van der Waals surface area contributed by atoms with Gasteiger partial charge in [0.1, 0.15) is 0 Å². The first kappa shape index (κ1) is 11.3. The van der Waals surface area contributed by atoms with Crippen LogP contribution in [0.3, 0.4) is 0 Å². The van der Waals surface area contributed by atoms with Gasteiger partial charge in [0.05, 0.1) is 0 Å². The van der Waals surface area contributed by atoms with E-state index >= 15 is 0 Å². The smallest absolute Gasteiger partial charge is 0.0475 e. The van der Waals surface area contributed by atoms with Gasteiger partial charge in [0.25, 0.3) is 0 Å². The van der Waals surface area contributed by atoms with E-state index in [4.69, 9.17) is 11.6 Å². The Labute approximate surface area is 115 Å². The summed E-state index contributed by atoms with van der Waals surface area (Å²) in [6.07, 6.45) is 9.45. The molecule has 1 heteroatoms. The lowest BCUT2D eigenvalue weighted by Crippen LogP contribution is -2.26. The van der Waals surface area contributed by atoms with Gasteiger partial charge in [-0.1, -0.05) is 37.1 Å². The van der Waals surface area contributed by atoms with Gasteiger partial charge in [-0.25, -0.2) is 0 Å². The summed E-state index contributed by atoms with van der Waals surface area (Å²) in [7, 11) is 0. The van der Waals surface area contributed by atoms with Gasteiger partial charge in [0, 0.05) is 5.02 Å². The number of rotatable bonds is 1. The highest BCUT2D eigenvalue weighted by Gasteiger charge is 2.43. The normalized spacial score (nSPS) is 34.2. The summed E-state index contributed by atoms with van der Waals surface area (Å²) < 4.78 is 0. The van der Waals surface area contributed by atoms with Gasteiger partial charge in [-0.05, 0) is 72.5 Å². The van der Waals surface area contributed by atoms with E-state index in [-0.39, 0.29) is 0 Å². The molecule has 0 heterocycles. The molecule has 0 amide bonds. The summed E-state index contributed by atoms with van der Waals surface area (Å²) in [5.74, 6) is 1.56. The number of benzene rings is 1. The van der Waals surface area contributed by atoms with Crippen LogP contribution in [0.5, 0.6) is 0 Å². The van der Waals surface area contributed by atoms with E-state index in [1.54, 1.807) is 5.56 Å². The lowest BCUT2D eigenvalue weighted by Gasteiger charge is -2.38. The molecule has 0 radical (unpaired) electrons. The van der Waals surface area contributed by atoms with Gasteiger partial charge >= 0.3 is 0 Å². The Hall–Kier alpha value is -0.490. The fourth-order valence-electron chi connectivity index (χ4n) is 4.42. The van der Waals surface area contributed by atoms with Crippen molar-refractivity contribution in [2.45, 2.75) is 63.7 Å². The minimum Gasteiger partial charge on any atom is -0.0837 e. The maximum absolute atomic E-state index is 6.70. The summed E-state index contributed by atoms with van der Waals surface area (Å²) in [5.41, 5.74) is 5.11. The van der Waals surface area contributed by atoms with Crippen molar-refractivity contribution in [1.82, 2.24) is 0 Å². The van der Waals surface area contributed by atoms with Crippen LogP contribution in [0.15, 0.2) is 12.1 Å². The molecular weight excluding hydrogens is 240 g/mol. The van der Waals surface area contributed by atoms with Gasteiger partial charge in [0.2, 0.25) is 0 Å². The standard InChI is InChI=1S/C17H21Cl/c1-17-9-2-3-15(17)13-7-6-12(11-4-5-11)16(18)14(13)8-10-17/h6-7,11,15H,2-5,8-10H2,1H3/t15-,17+/m0/s1.